The number of nitrogens with two attached hydrogens (primary N) is 1. The summed E-state index contributed by atoms with van der Waals surface area (Å²) in [6.07, 6.45) is 0.643. The summed E-state index contributed by atoms with van der Waals surface area (Å²) in [5.41, 5.74) is 5.42. The second-order valence-electron chi connectivity index (χ2n) is 7.24. The summed E-state index contributed by atoms with van der Waals surface area (Å²) in [6, 6.07) is 3.79. The SMILES string of the molecule is COCCCN(Cc1nnc(-c2cccs2)o1)c1c(N)n(CC(C)C)c(=O)[nH]c1=O. The van der Waals surface area contributed by atoms with E-state index < -0.39 is 11.2 Å². The van der Waals surface area contributed by atoms with Crippen molar-refractivity contribution >= 4 is 22.8 Å². The molecule has 0 amide bonds. The zero-order chi connectivity index (χ0) is 21.7. The summed E-state index contributed by atoms with van der Waals surface area (Å²) in [5, 5.41) is 10.1. The fraction of sp³-hybridized carbons (Fsp3) is 0.474. The number of nitrogen functional groups attached to an aromatic ring is 1. The second-order valence-corrected chi connectivity index (χ2v) is 8.19. The van der Waals surface area contributed by atoms with Gasteiger partial charge in [-0.05, 0) is 23.8 Å². The maximum atomic E-state index is 12.7. The minimum atomic E-state index is -0.548. The molecule has 162 valence electrons. The third-order valence-electron chi connectivity index (χ3n) is 4.38. The number of methoxy groups -OCH3 is 1. The molecule has 0 radical (unpaired) electrons. The van der Waals surface area contributed by atoms with E-state index in [1.165, 1.54) is 15.9 Å². The van der Waals surface area contributed by atoms with E-state index in [1.54, 1.807) is 12.0 Å². The number of thiophene rings is 1. The minimum Gasteiger partial charge on any atom is -0.418 e. The molecule has 3 aromatic rings. The highest BCUT2D eigenvalue weighted by atomic mass is 32.1. The topological polar surface area (TPSA) is 132 Å². The van der Waals surface area contributed by atoms with Crippen LogP contribution in [0.25, 0.3) is 10.8 Å². The Hall–Kier alpha value is -2.92. The quantitative estimate of drug-likeness (QED) is 0.463. The summed E-state index contributed by atoms with van der Waals surface area (Å²) >= 11 is 1.50. The Kier molecular flexibility index (Phi) is 7.06. The van der Waals surface area contributed by atoms with Crippen LogP contribution >= 0.6 is 11.3 Å². The van der Waals surface area contributed by atoms with E-state index in [0.717, 1.165) is 4.88 Å². The molecule has 3 N–H and O–H groups in total. The van der Waals surface area contributed by atoms with E-state index in [-0.39, 0.29) is 24.0 Å². The number of H-pyrrole nitrogens is 1. The third-order valence-corrected chi connectivity index (χ3v) is 5.24. The number of rotatable bonds is 10. The monoisotopic (exact) mass is 434 g/mol. The lowest BCUT2D eigenvalue weighted by Gasteiger charge is -2.25. The van der Waals surface area contributed by atoms with Gasteiger partial charge in [0.1, 0.15) is 11.5 Å². The Morgan fingerprint density at radius 3 is 2.83 bits per heavy atom. The van der Waals surface area contributed by atoms with Gasteiger partial charge in [0.05, 0.1) is 11.4 Å². The standard InChI is InChI=1S/C19H26N6O4S/c1-12(2)10-25-16(20)15(17(26)21-19(25)27)24(7-5-8-28-3)11-14-22-23-18(29-14)13-6-4-9-30-13/h4,6,9,12H,5,7-8,10-11,20H2,1-3H3,(H,21,26,27). The number of hydrogen-bond donors (Lipinski definition) is 2. The van der Waals surface area contributed by atoms with Crippen LogP contribution in [-0.4, -0.2) is 40.0 Å². The molecule has 0 spiro atoms. The fourth-order valence-electron chi connectivity index (χ4n) is 3.08. The summed E-state index contributed by atoms with van der Waals surface area (Å²) in [7, 11) is 1.61. The van der Waals surface area contributed by atoms with Crippen molar-refractivity contribution in [1.29, 1.82) is 0 Å². The van der Waals surface area contributed by atoms with E-state index in [9.17, 15) is 9.59 Å². The molecule has 0 saturated heterocycles. The molecule has 0 bridgehead atoms. The number of aromatic nitrogens is 4. The Morgan fingerprint density at radius 2 is 2.17 bits per heavy atom. The molecule has 3 aromatic heterocycles. The van der Waals surface area contributed by atoms with Crippen molar-refractivity contribution in [2.24, 2.45) is 5.92 Å². The predicted octanol–water partition coefficient (Wildman–Crippen LogP) is 1.93. The van der Waals surface area contributed by atoms with Gasteiger partial charge in [0.25, 0.3) is 11.4 Å². The zero-order valence-electron chi connectivity index (χ0n) is 17.3. The van der Waals surface area contributed by atoms with Gasteiger partial charge in [-0.15, -0.1) is 21.5 Å². The van der Waals surface area contributed by atoms with E-state index in [4.69, 9.17) is 14.9 Å². The summed E-state index contributed by atoms with van der Waals surface area (Å²) in [5.74, 6) is 1.06. The van der Waals surface area contributed by atoms with Gasteiger partial charge in [-0.2, -0.15) is 0 Å². The van der Waals surface area contributed by atoms with Crippen molar-refractivity contribution in [3.05, 3.63) is 44.2 Å². The number of nitrogens with zero attached hydrogens (tertiary/aromatic N) is 4. The zero-order valence-corrected chi connectivity index (χ0v) is 18.1. The predicted molar refractivity (Wildman–Crippen MR) is 116 cm³/mol. The third kappa shape index (κ3) is 4.97. The smallest absolute Gasteiger partial charge is 0.330 e. The summed E-state index contributed by atoms with van der Waals surface area (Å²) < 4.78 is 12.3. The number of ether oxygens (including phenoxy) is 1. The number of aromatic amines is 1. The average molecular weight is 435 g/mol. The van der Waals surface area contributed by atoms with Gasteiger partial charge in [0, 0.05) is 26.8 Å². The van der Waals surface area contributed by atoms with Gasteiger partial charge in [-0.1, -0.05) is 19.9 Å². The molecule has 0 unspecified atom stereocenters. The molecule has 11 heteroatoms. The van der Waals surface area contributed by atoms with Crippen LogP contribution in [0.3, 0.4) is 0 Å². The normalized spacial score (nSPS) is 11.3. The molecule has 0 aliphatic rings. The van der Waals surface area contributed by atoms with Crippen molar-refractivity contribution in [2.45, 2.75) is 33.4 Å². The van der Waals surface area contributed by atoms with E-state index in [0.29, 0.717) is 37.9 Å². The summed E-state index contributed by atoms with van der Waals surface area (Å²) in [6.45, 7) is 5.47. The molecule has 0 saturated carbocycles. The van der Waals surface area contributed by atoms with Crippen molar-refractivity contribution in [2.75, 3.05) is 30.9 Å². The first-order valence-electron chi connectivity index (χ1n) is 9.63. The molecule has 0 aliphatic heterocycles. The number of nitrogens with one attached hydrogen (secondary N) is 1. The molecule has 3 heterocycles. The van der Waals surface area contributed by atoms with Crippen LogP contribution in [0.1, 0.15) is 26.2 Å². The molecular weight excluding hydrogens is 408 g/mol. The van der Waals surface area contributed by atoms with Crippen LogP contribution in [0, 0.1) is 5.92 Å². The Balaban J connectivity index is 1.96. The molecule has 0 fully saturated rings. The molecule has 10 nitrogen and oxygen atoms in total. The van der Waals surface area contributed by atoms with Crippen LogP contribution in [0.5, 0.6) is 0 Å². The first-order chi connectivity index (χ1) is 14.4. The van der Waals surface area contributed by atoms with Crippen LogP contribution in [-0.2, 0) is 17.8 Å². The van der Waals surface area contributed by atoms with Crippen molar-refractivity contribution in [3.8, 4) is 10.8 Å². The van der Waals surface area contributed by atoms with Crippen LogP contribution in [0.4, 0.5) is 11.5 Å². The highest BCUT2D eigenvalue weighted by Gasteiger charge is 2.22. The fourth-order valence-corrected chi connectivity index (χ4v) is 3.72. The van der Waals surface area contributed by atoms with Crippen LogP contribution < -0.4 is 21.9 Å². The van der Waals surface area contributed by atoms with E-state index in [1.807, 2.05) is 31.4 Å². The highest BCUT2D eigenvalue weighted by molar-refractivity contribution is 7.13. The maximum absolute atomic E-state index is 12.7. The lowest BCUT2D eigenvalue weighted by atomic mass is 10.2. The van der Waals surface area contributed by atoms with Gasteiger partial charge in [0.15, 0.2) is 0 Å². The minimum absolute atomic E-state index is 0.118. The molecular formula is C19H26N6O4S. The maximum Gasteiger partial charge on any atom is 0.330 e. The van der Waals surface area contributed by atoms with Gasteiger partial charge >= 0.3 is 5.69 Å². The largest absolute Gasteiger partial charge is 0.418 e. The highest BCUT2D eigenvalue weighted by Crippen LogP contribution is 2.25. The van der Waals surface area contributed by atoms with Gasteiger partial charge < -0.3 is 19.8 Å². The Labute approximate surface area is 177 Å². The Morgan fingerprint density at radius 1 is 1.37 bits per heavy atom. The number of anilines is 2. The molecule has 30 heavy (non-hydrogen) atoms. The average Bonchev–Trinajstić information content (AvgIpc) is 3.36. The first kappa shape index (κ1) is 21.8. The van der Waals surface area contributed by atoms with Crippen LogP contribution in [0.2, 0.25) is 0 Å². The van der Waals surface area contributed by atoms with E-state index in [2.05, 4.69) is 15.2 Å². The van der Waals surface area contributed by atoms with Crippen molar-refractivity contribution < 1.29 is 9.15 Å². The van der Waals surface area contributed by atoms with Gasteiger partial charge in [-0.3, -0.25) is 14.3 Å². The van der Waals surface area contributed by atoms with Gasteiger partial charge in [0.2, 0.25) is 5.89 Å². The van der Waals surface area contributed by atoms with Crippen molar-refractivity contribution in [3.63, 3.8) is 0 Å². The molecule has 3 rings (SSSR count). The Bertz CT molecular complexity index is 1070. The second kappa shape index (κ2) is 9.72. The lowest BCUT2D eigenvalue weighted by Crippen LogP contribution is -2.39. The molecule has 0 aliphatic carbocycles. The summed E-state index contributed by atoms with van der Waals surface area (Å²) in [4.78, 5) is 29.9. The first-order valence-corrected chi connectivity index (χ1v) is 10.5. The van der Waals surface area contributed by atoms with Crippen molar-refractivity contribution in [1.82, 2.24) is 19.7 Å². The van der Waals surface area contributed by atoms with E-state index >= 15 is 0 Å². The molecule has 0 aromatic carbocycles. The number of hydrogen-bond acceptors (Lipinski definition) is 9. The van der Waals surface area contributed by atoms with Gasteiger partial charge in [-0.25, -0.2) is 4.79 Å². The lowest BCUT2D eigenvalue weighted by molar-refractivity contribution is 0.196. The molecule has 0 atom stereocenters. The van der Waals surface area contributed by atoms with Crippen LogP contribution in [0.15, 0.2) is 31.5 Å².